The molecule has 5 rings (SSSR count). The number of anilines is 1. The maximum atomic E-state index is 14.1. The molecule has 3 aromatic rings. The van der Waals surface area contributed by atoms with Crippen LogP contribution in [0.1, 0.15) is 25.3 Å². The number of halogens is 3. The minimum absolute atomic E-state index is 0.214. The van der Waals surface area contributed by atoms with Gasteiger partial charge in [0.1, 0.15) is 11.6 Å². The fraction of sp³-hybridized carbons (Fsp3) is 0.375. The van der Waals surface area contributed by atoms with Crippen molar-refractivity contribution >= 4 is 17.3 Å². The first-order chi connectivity index (χ1) is 15.1. The van der Waals surface area contributed by atoms with Gasteiger partial charge in [0.2, 0.25) is 0 Å². The van der Waals surface area contributed by atoms with E-state index in [1.165, 1.54) is 11.8 Å². The molecule has 0 bridgehead atoms. The highest BCUT2D eigenvalue weighted by Crippen LogP contribution is 2.34. The second-order valence-electron chi connectivity index (χ2n) is 8.43. The topological polar surface area (TPSA) is 24.3 Å². The van der Waals surface area contributed by atoms with Gasteiger partial charge in [-0.05, 0) is 67.8 Å². The fourth-order valence-corrected chi connectivity index (χ4v) is 5.01. The van der Waals surface area contributed by atoms with E-state index < -0.39 is 11.6 Å². The van der Waals surface area contributed by atoms with Gasteiger partial charge in [-0.2, -0.15) is 5.10 Å². The van der Waals surface area contributed by atoms with Crippen molar-refractivity contribution in [1.82, 2.24) is 14.7 Å². The Bertz CT molecular complexity index is 1040. The van der Waals surface area contributed by atoms with Crippen LogP contribution in [-0.4, -0.2) is 46.9 Å². The molecule has 1 saturated heterocycles. The Morgan fingerprint density at radius 2 is 1.61 bits per heavy atom. The number of benzene rings is 2. The van der Waals surface area contributed by atoms with Crippen LogP contribution in [0.15, 0.2) is 54.7 Å². The molecule has 1 aliphatic heterocycles. The number of aromatic nitrogens is 2. The Kier molecular flexibility index (Phi) is 5.67. The van der Waals surface area contributed by atoms with Crippen molar-refractivity contribution in [3.8, 4) is 11.3 Å². The average molecular weight is 443 g/mol. The quantitative estimate of drug-likeness (QED) is 0.541. The minimum Gasteiger partial charge on any atom is -0.369 e. The number of piperazine rings is 1. The summed E-state index contributed by atoms with van der Waals surface area (Å²) in [5, 5.41) is 5.34. The summed E-state index contributed by atoms with van der Waals surface area (Å²) < 4.78 is 29.6. The summed E-state index contributed by atoms with van der Waals surface area (Å²) in [6, 6.07) is 14.2. The summed E-state index contributed by atoms with van der Waals surface area (Å²) in [4.78, 5) is 5.00. The number of hydrogen-bond acceptors (Lipinski definition) is 3. The first-order valence-electron chi connectivity index (χ1n) is 10.8. The number of rotatable bonds is 4. The van der Waals surface area contributed by atoms with Crippen molar-refractivity contribution in [3.05, 3.63) is 71.4 Å². The third-order valence-electron chi connectivity index (χ3n) is 6.59. The summed E-state index contributed by atoms with van der Waals surface area (Å²) in [6.07, 6.45) is 5.11. The highest BCUT2D eigenvalue weighted by Gasteiger charge is 2.32. The zero-order valence-electron chi connectivity index (χ0n) is 17.2. The van der Waals surface area contributed by atoms with Gasteiger partial charge in [0.05, 0.1) is 11.7 Å². The van der Waals surface area contributed by atoms with Crippen LogP contribution in [0.2, 0.25) is 5.02 Å². The molecule has 2 heterocycles. The van der Waals surface area contributed by atoms with Gasteiger partial charge in [-0.15, -0.1) is 0 Å². The zero-order valence-corrected chi connectivity index (χ0v) is 18.0. The maximum Gasteiger partial charge on any atom is 0.132 e. The molecule has 1 saturated carbocycles. The first kappa shape index (κ1) is 20.5. The van der Waals surface area contributed by atoms with Gasteiger partial charge in [-0.3, -0.25) is 9.58 Å². The molecule has 2 atom stereocenters. The maximum absolute atomic E-state index is 14.1. The van der Waals surface area contributed by atoms with Crippen LogP contribution in [0.5, 0.6) is 0 Å². The first-order valence-corrected chi connectivity index (χ1v) is 11.2. The zero-order chi connectivity index (χ0) is 21.4. The lowest BCUT2D eigenvalue weighted by Crippen LogP contribution is -2.49. The van der Waals surface area contributed by atoms with Gasteiger partial charge in [0.25, 0.3) is 0 Å². The lowest BCUT2D eigenvalue weighted by molar-refractivity contribution is 0.183. The average Bonchev–Trinajstić information content (AvgIpc) is 3.46. The Hall–Kier alpha value is -2.44. The molecular weight excluding hydrogens is 418 g/mol. The van der Waals surface area contributed by atoms with Gasteiger partial charge in [0, 0.05) is 54.7 Å². The van der Waals surface area contributed by atoms with E-state index in [9.17, 15) is 8.78 Å². The molecule has 1 aromatic heterocycles. The van der Waals surface area contributed by atoms with Crippen LogP contribution in [0, 0.1) is 11.6 Å². The largest absolute Gasteiger partial charge is 0.369 e. The third-order valence-corrected chi connectivity index (χ3v) is 6.84. The van der Waals surface area contributed by atoms with Crippen LogP contribution in [-0.2, 0) is 0 Å². The number of hydrogen-bond donors (Lipinski definition) is 0. The lowest BCUT2D eigenvalue weighted by atomic mass is 10.1. The van der Waals surface area contributed by atoms with E-state index in [4.69, 9.17) is 11.6 Å². The monoisotopic (exact) mass is 442 g/mol. The van der Waals surface area contributed by atoms with Crippen LogP contribution < -0.4 is 4.90 Å². The third kappa shape index (κ3) is 4.32. The molecule has 2 fully saturated rings. The van der Waals surface area contributed by atoms with Crippen LogP contribution >= 0.6 is 11.6 Å². The molecular formula is C24H25ClF2N4. The molecule has 2 aliphatic rings. The van der Waals surface area contributed by atoms with Crippen LogP contribution in [0.4, 0.5) is 14.5 Å². The molecule has 0 unspecified atom stereocenters. The van der Waals surface area contributed by atoms with Gasteiger partial charge in [-0.25, -0.2) is 8.78 Å². The van der Waals surface area contributed by atoms with Crippen molar-refractivity contribution in [2.75, 3.05) is 31.1 Å². The van der Waals surface area contributed by atoms with Crippen molar-refractivity contribution in [2.24, 2.45) is 0 Å². The van der Waals surface area contributed by atoms with Gasteiger partial charge < -0.3 is 4.90 Å². The highest BCUT2D eigenvalue weighted by molar-refractivity contribution is 6.30. The summed E-state index contributed by atoms with van der Waals surface area (Å²) in [5.74, 6) is -0.904. The molecule has 162 valence electrons. The Morgan fingerprint density at radius 3 is 2.39 bits per heavy atom. The molecule has 2 aromatic carbocycles. The summed E-state index contributed by atoms with van der Waals surface area (Å²) in [5.41, 5.74) is 1.92. The predicted octanol–water partition coefficient (Wildman–Crippen LogP) is 5.40. The predicted molar refractivity (Wildman–Crippen MR) is 119 cm³/mol. The van der Waals surface area contributed by atoms with E-state index in [1.54, 1.807) is 6.07 Å². The van der Waals surface area contributed by atoms with Gasteiger partial charge in [-0.1, -0.05) is 11.6 Å². The summed E-state index contributed by atoms with van der Waals surface area (Å²) in [7, 11) is 0. The van der Waals surface area contributed by atoms with Crippen LogP contribution in [0.25, 0.3) is 11.3 Å². The molecule has 1 aliphatic carbocycles. The van der Waals surface area contributed by atoms with Gasteiger partial charge >= 0.3 is 0 Å². The molecule has 7 heteroatoms. The molecule has 0 N–H and O–H groups in total. The molecule has 31 heavy (non-hydrogen) atoms. The van der Waals surface area contributed by atoms with Crippen molar-refractivity contribution < 1.29 is 8.78 Å². The SMILES string of the molecule is Fc1ccc(F)c(-c2ccn([C@H]3CC[C@H](N4CCN(c5ccc(Cl)cc5)CC4)C3)n2)c1. The number of nitrogens with zero attached hydrogens (tertiary/aromatic N) is 4. The van der Waals surface area contributed by atoms with Crippen molar-refractivity contribution in [3.63, 3.8) is 0 Å². The van der Waals surface area contributed by atoms with E-state index in [2.05, 4.69) is 27.0 Å². The van der Waals surface area contributed by atoms with Crippen molar-refractivity contribution in [2.45, 2.75) is 31.3 Å². The standard InChI is InChI=1S/C24H25ClF2N4/c25-17-1-4-19(5-2-17)29-11-13-30(14-12-29)20-6-7-21(16-20)31-10-9-24(28-31)22-15-18(26)3-8-23(22)27/h1-5,8-10,15,20-21H,6-7,11-14,16H2/t20-,21-/m0/s1. The highest BCUT2D eigenvalue weighted by atomic mass is 35.5. The van der Waals surface area contributed by atoms with E-state index in [0.717, 1.165) is 62.6 Å². The molecule has 0 amide bonds. The second kappa shape index (κ2) is 8.60. The smallest absolute Gasteiger partial charge is 0.132 e. The second-order valence-corrected chi connectivity index (χ2v) is 8.86. The van der Waals surface area contributed by atoms with E-state index in [-0.39, 0.29) is 5.56 Å². The van der Waals surface area contributed by atoms with Crippen molar-refractivity contribution in [1.29, 1.82) is 0 Å². The molecule has 4 nitrogen and oxygen atoms in total. The van der Waals surface area contributed by atoms with E-state index in [0.29, 0.717) is 17.8 Å². The lowest BCUT2D eigenvalue weighted by Gasteiger charge is -2.39. The summed E-state index contributed by atoms with van der Waals surface area (Å²) >= 11 is 6.01. The molecule has 0 spiro atoms. The Balaban J connectivity index is 1.20. The minimum atomic E-state index is -0.454. The Morgan fingerprint density at radius 1 is 0.871 bits per heavy atom. The summed E-state index contributed by atoms with van der Waals surface area (Å²) in [6.45, 7) is 4.10. The fourth-order valence-electron chi connectivity index (χ4n) is 4.88. The van der Waals surface area contributed by atoms with Gasteiger partial charge in [0.15, 0.2) is 0 Å². The normalized spacial score (nSPS) is 22.2. The van der Waals surface area contributed by atoms with Crippen LogP contribution in [0.3, 0.4) is 0 Å². The van der Waals surface area contributed by atoms with E-state index in [1.807, 2.05) is 23.0 Å². The molecule has 0 radical (unpaired) electrons. The Labute approximate surface area is 186 Å². The van der Waals surface area contributed by atoms with E-state index >= 15 is 0 Å².